The summed E-state index contributed by atoms with van der Waals surface area (Å²) in [5.74, 6) is 0.245. The van der Waals surface area contributed by atoms with Gasteiger partial charge in [0.15, 0.2) is 0 Å². The van der Waals surface area contributed by atoms with Crippen LogP contribution < -0.4 is 0 Å². The lowest BCUT2D eigenvalue weighted by molar-refractivity contribution is 0.305. The van der Waals surface area contributed by atoms with Gasteiger partial charge in [-0.1, -0.05) is 72.8 Å². The van der Waals surface area contributed by atoms with Gasteiger partial charge in [-0.15, -0.1) is 0 Å². The molecule has 2 nitrogen and oxygen atoms in total. The van der Waals surface area contributed by atoms with Gasteiger partial charge in [0.1, 0.15) is 5.75 Å². The fourth-order valence-electron chi connectivity index (χ4n) is 2.91. The van der Waals surface area contributed by atoms with Crippen LogP contribution in [0.1, 0.15) is 23.1 Å². The van der Waals surface area contributed by atoms with Gasteiger partial charge in [0.2, 0.25) is 0 Å². The molecular formula is C22H20O2. The zero-order chi connectivity index (χ0) is 16.8. The fourth-order valence-corrected chi connectivity index (χ4v) is 2.91. The molecule has 0 spiro atoms. The van der Waals surface area contributed by atoms with E-state index in [2.05, 4.69) is 24.3 Å². The Morgan fingerprint density at radius 3 is 1.67 bits per heavy atom. The van der Waals surface area contributed by atoms with Gasteiger partial charge in [-0.25, -0.2) is 0 Å². The molecule has 2 heteroatoms. The number of aliphatic hydroxyl groups is 1. The standard InChI is InChI=1S/C22H20O2/c23-16-15-21(17-7-3-1-4-8-17)22(18-9-5-2-6-10-18)19-11-13-20(24)14-12-19/h1-14,23-24H,15-16H2. The van der Waals surface area contributed by atoms with Crippen molar-refractivity contribution < 1.29 is 10.2 Å². The van der Waals surface area contributed by atoms with Gasteiger partial charge in [0.05, 0.1) is 0 Å². The average Bonchev–Trinajstić information content (AvgIpc) is 2.64. The van der Waals surface area contributed by atoms with Crippen LogP contribution in [0.15, 0.2) is 84.9 Å². The maximum absolute atomic E-state index is 9.61. The molecule has 3 aromatic carbocycles. The molecule has 0 atom stereocenters. The van der Waals surface area contributed by atoms with Gasteiger partial charge in [0.25, 0.3) is 0 Å². The first-order valence-electron chi connectivity index (χ1n) is 8.04. The molecule has 0 saturated heterocycles. The minimum absolute atomic E-state index is 0.0820. The Kier molecular flexibility index (Phi) is 5.09. The highest BCUT2D eigenvalue weighted by Crippen LogP contribution is 2.34. The Morgan fingerprint density at radius 2 is 1.12 bits per heavy atom. The molecule has 3 aromatic rings. The van der Waals surface area contributed by atoms with Crippen molar-refractivity contribution in [2.75, 3.05) is 6.61 Å². The number of benzene rings is 3. The van der Waals surface area contributed by atoms with E-state index in [1.165, 1.54) is 0 Å². The van der Waals surface area contributed by atoms with Crippen molar-refractivity contribution >= 4 is 11.1 Å². The van der Waals surface area contributed by atoms with Gasteiger partial charge < -0.3 is 10.2 Å². The Hall–Kier alpha value is -2.84. The highest BCUT2D eigenvalue weighted by Gasteiger charge is 2.13. The van der Waals surface area contributed by atoms with E-state index in [0.717, 1.165) is 27.8 Å². The normalized spacial score (nSPS) is 11.9. The zero-order valence-corrected chi connectivity index (χ0v) is 13.4. The summed E-state index contributed by atoms with van der Waals surface area (Å²) >= 11 is 0. The van der Waals surface area contributed by atoms with Crippen LogP contribution in [0.3, 0.4) is 0 Å². The number of phenolic OH excluding ortho intramolecular Hbond substituents is 1. The SMILES string of the molecule is OCCC(=C(c1ccccc1)c1ccc(O)cc1)c1ccccc1. The quantitative estimate of drug-likeness (QED) is 0.668. The first-order chi connectivity index (χ1) is 11.8. The third-order valence-corrected chi connectivity index (χ3v) is 4.00. The van der Waals surface area contributed by atoms with Gasteiger partial charge in [-0.2, -0.15) is 0 Å². The largest absolute Gasteiger partial charge is 0.508 e. The summed E-state index contributed by atoms with van der Waals surface area (Å²) in [6.45, 7) is 0.0820. The van der Waals surface area contributed by atoms with E-state index in [0.29, 0.717) is 6.42 Å². The summed E-state index contributed by atoms with van der Waals surface area (Å²) in [7, 11) is 0. The molecule has 24 heavy (non-hydrogen) atoms. The molecule has 0 amide bonds. The fraction of sp³-hybridized carbons (Fsp3) is 0.0909. The molecule has 0 saturated carbocycles. The van der Waals surface area contributed by atoms with Crippen LogP contribution in [0.2, 0.25) is 0 Å². The molecule has 0 aliphatic carbocycles. The molecule has 2 N–H and O–H groups in total. The van der Waals surface area contributed by atoms with Crippen LogP contribution in [0.25, 0.3) is 11.1 Å². The van der Waals surface area contributed by atoms with Crippen molar-refractivity contribution in [3.05, 3.63) is 102 Å². The number of hydrogen-bond donors (Lipinski definition) is 2. The lowest BCUT2D eigenvalue weighted by Crippen LogP contribution is -1.97. The number of aromatic hydroxyl groups is 1. The molecule has 0 radical (unpaired) electrons. The molecular weight excluding hydrogens is 296 g/mol. The van der Waals surface area contributed by atoms with Crippen LogP contribution in [-0.2, 0) is 0 Å². The Balaban J connectivity index is 2.26. The minimum Gasteiger partial charge on any atom is -0.508 e. The summed E-state index contributed by atoms with van der Waals surface area (Å²) in [6, 6.07) is 27.5. The van der Waals surface area contributed by atoms with Crippen LogP contribution in [0.4, 0.5) is 0 Å². The predicted octanol–water partition coefficient (Wildman–Crippen LogP) is 4.73. The van der Waals surface area contributed by atoms with Crippen molar-refractivity contribution in [1.82, 2.24) is 0 Å². The Morgan fingerprint density at radius 1 is 0.625 bits per heavy atom. The van der Waals surface area contributed by atoms with Gasteiger partial charge in [-0.05, 0) is 46.4 Å². The predicted molar refractivity (Wildman–Crippen MR) is 98.6 cm³/mol. The van der Waals surface area contributed by atoms with E-state index in [1.54, 1.807) is 12.1 Å². The summed E-state index contributed by atoms with van der Waals surface area (Å²) in [5.41, 5.74) is 5.38. The van der Waals surface area contributed by atoms with E-state index in [9.17, 15) is 10.2 Å². The summed E-state index contributed by atoms with van der Waals surface area (Å²) < 4.78 is 0. The Bertz CT molecular complexity index is 804. The van der Waals surface area contributed by atoms with E-state index in [-0.39, 0.29) is 12.4 Å². The molecule has 0 aromatic heterocycles. The second-order valence-corrected chi connectivity index (χ2v) is 5.61. The van der Waals surface area contributed by atoms with Crippen molar-refractivity contribution in [2.45, 2.75) is 6.42 Å². The first-order valence-corrected chi connectivity index (χ1v) is 8.04. The number of phenols is 1. The summed E-state index contributed by atoms with van der Waals surface area (Å²) in [6.07, 6.45) is 0.565. The maximum Gasteiger partial charge on any atom is 0.115 e. The summed E-state index contributed by atoms with van der Waals surface area (Å²) in [4.78, 5) is 0. The highest BCUT2D eigenvalue weighted by atomic mass is 16.3. The van der Waals surface area contributed by atoms with Crippen LogP contribution in [0, 0.1) is 0 Å². The van der Waals surface area contributed by atoms with Gasteiger partial charge in [-0.3, -0.25) is 0 Å². The monoisotopic (exact) mass is 316 g/mol. The van der Waals surface area contributed by atoms with Gasteiger partial charge in [0, 0.05) is 6.61 Å². The third-order valence-electron chi connectivity index (χ3n) is 4.00. The number of rotatable bonds is 5. The molecule has 0 fully saturated rings. The van der Waals surface area contributed by atoms with Crippen molar-refractivity contribution in [3.63, 3.8) is 0 Å². The van der Waals surface area contributed by atoms with Crippen molar-refractivity contribution in [3.8, 4) is 5.75 Å². The van der Waals surface area contributed by atoms with Crippen LogP contribution >= 0.6 is 0 Å². The smallest absolute Gasteiger partial charge is 0.115 e. The van der Waals surface area contributed by atoms with Crippen LogP contribution in [0.5, 0.6) is 5.75 Å². The first kappa shape index (κ1) is 16.0. The molecule has 0 aliphatic heterocycles. The second kappa shape index (κ2) is 7.62. The minimum atomic E-state index is 0.0820. The Labute approximate surface area is 142 Å². The van der Waals surface area contributed by atoms with E-state index in [4.69, 9.17) is 0 Å². The zero-order valence-electron chi connectivity index (χ0n) is 13.4. The molecule has 0 unspecified atom stereocenters. The highest BCUT2D eigenvalue weighted by molar-refractivity contribution is 5.98. The van der Waals surface area contributed by atoms with E-state index < -0.39 is 0 Å². The molecule has 3 rings (SSSR count). The second-order valence-electron chi connectivity index (χ2n) is 5.61. The third kappa shape index (κ3) is 3.55. The topological polar surface area (TPSA) is 40.5 Å². The average molecular weight is 316 g/mol. The van der Waals surface area contributed by atoms with E-state index >= 15 is 0 Å². The lowest BCUT2D eigenvalue weighted by Gasteiger charge is -2.17. The molecule has 120 valence electrons. The number of hydrogen-bond acceptors (Lipinski definition) is 2. The summed E-state index contributed by atoms with van der Waals surface area (Å²) in [5, 5.41) is 19.2. The lowest BCUT2D eigenvalue weighted by atomic mass is 9.88. The molecule has 0 bridgehead atoms. The molecule has 0 aliphatic rings. The molecule has 0 heterocycles. The van der Waals surface area contributed by atoms with Crippen LogP contribution in [-0.4, -0.2) is 16.8 Å². The van der Waals surface area contributed by atoms with Crippen molar-refractivity contribution in [1.29, 1.82) is 0 Å². The van der Waals surface area contributed by atoms with Gasteiger partial charge >= 0.3 is 0 Å². The van der Waals surface area contributed by atoms with E-state index in [1.807, 2.05) is 48.5 Å². The van der Waals surface area contributed by atoms with Crippen molar-refractivity contribution in [2.24, 2.45) is 0 Å². The number of aliphatic hydroxyl groups excluding tert-OH is 1. The maximum atomic E-state index is 9.61.